The number of aliphatic hydroxyl groups is 1. The average molecular weight is 220 g/mol. The molecule has 3 aromatic rings. The van der Waals surface area contributed by atoms with Crippen LogP contribution in [0.15, 0.2) is 48.5 Å². The van der Waals surface area contributed by atoms with E-state index in [2.05, 4.69) is 42.5 Å². The van der Waals surface area contributed by atoms with Gasteiger partial charge in [-0.3, -0.25) is 0 Å². The lowest BCUT2D eigenvalue weighted by Gasteiger charge is -2.29. The molecular formula is C16H12O. The molecule has 1 nitrogen and oxygen atoms in total. The van der Waals surface area contributed by atoms with Crippen molar-refractivity contribution < 1.29 is 5.11 Å². The molecular weight excluding hydrogens is 208 g/mol. The molecule has 4 rings (SSSR count). The van der Waals surface area contributed by atoms with Gasteiger partial charge in [0.25, 0.3) is 0 Å². The molecule has 1 aliphatic rings. The second-order valence-electron chi connectivity index (χ2n) is 4.70. The third-order valence-electron chi connectivity index (χ3n) is 3.82. The van der Waals surface area contributed by atoms with Crippen molar-refractivity contribution in [3.05, 3.63) is 59.7 Å². The highest BCUT2D eigenvalue weighted by Gasteiger charge is 2.28. The van der Waals surface area contributed by atoms with E-state index in [1.807, 2.05) is 6.07 Å². The Morgan fingerprint density at radius 1 is 0.765 bits per heavy atom. The summed E-state index contributed by atoms with van der Waals surface area (Å²) >= 11 is 0. The van der Waals surface area contributed by atoms with Crippen molar-refractivity contribution in [2.24, 2.45) is 0 Å². The van der Waals surface area contributed by atoms with E-state index in [4.69, 9.17) is 0 Å². The lowest BCUT2D eigenvalue weighted by molar-refractivity contribution is 0.157. The molecule has 0 fully saturated rings. The molecule has 1 unspecified atom stereocenters. The summed E-state index contributed by atoms with van der Waals surface area (Å²) in [7, 11) is 0. The maximum absolute atomic E-state index is 9.96. The van der Waals surface area contributed by atoms with Crippen molar-refractivity contribution in [1.29, 1.82) is 0 Å². The largest absolute Gasteiger partial charge is 0.388 e. The zero-order chi connectivity index (χ0) is 11.4. The molecule has 0 amide bonds. The molecule has 0 spiro atoms. The van der Waals surface area contributed by atoms with Gasteiger partial charge in [0.1, 0.15) is 0 Å². The van der Waals surface area contributed by atoms with Crippen LogP contribution in [-0.2, 0) is 6.42 Å². The lowest BCUT2D eigenvalue weighted by Crippen LogP contribution is -2.17. The Labute approximate surface area is 99.3 Å². The van der Waals surface area contributed by atoms with Crippen LogP contribution in [0.3, 0.4) is 0 Å². The first-order valence-electron chi connectivity index (χ1n) is 5.96. The summed E-state index contributed by atoms with van der Waals surface area (Å²) in [4.78, 5) is 0. The Hall–Kier alpha value is -1.86. The fourth-order valence-corrected chi connectivity index (χ4v) is 3.01. The highest BCUT2D eigenvalue weighted by atomic mass is 16.3. The minimum absolute atomic E-state index is 0.278. The van der Waals surface area contributed by atoms with Crippen molar-refractivity contribution in [3.8, 4) is 0 Å². The standard InChI is InChI=1S/C16H12O/c17-15-9-14-12-7-2-1-5-10(12)11-6-3-4-8-13(11)16(14)15/h1-8,15,17H,9H2. The van der Waals surface area contributed by atoms with E-state index in [0.29, 0.717) is 0 Å². The highest BCUT2D eigenvalue weighted by Crippen LogP contribution is 2.44. The zero-order valence-electron chi connectivity index (χ0n) is 9.35. The summed E-state index contributed by atoms with van der Waals surface area (Å²) < 4.78 is 0. The van der Waals surface area contributed by atoms with Crippen LogP contribution in [0.4, 0.5) is 0 Å². The number of hydrogen-bond donors (Lipinski definition) is 1. The van der Waals surface area contributed by atoms with Gasteiger partial charge in [-0.15, -0.1) is 0 Å². The Morgan fingerprint density at radius 3 is 1.94 bits per heavy atom. The SMILES string of the molecule is OC1Cc2c1c1ccccc1c1ccccc21. The molecule has 0 bridgehead atoms. The molecule has 0 saturated carbocycles. The van der Waals surface area contributed by atoms with E-state index >= 15 is 0 Å². The lowest BCUT2D eigenvalue weighted by atomic mass is 9.78. The normalized spacial score (nSPS) is 18.1. The molecule has 1 atom stereocenters. The number of benzene rings is 3. The van der Waals surface area contributed by atoms with Gasteiger partial charge in [0.2, 0.25) is 0 Å². The van der Waals surface area contributed by atoms with Gasteiger partial charge in [0.05, 0.1) is 6.10 Å². The van der Waals surface area contributed by atoms with Crippen LogP contribution in [-0.4, -0.2) is 5.11 Å². The molecule has 0 radical (unpaired) electrons. The predicted octanol–water partition coefficient (Wildman–Crippen LogP) is 3.58. The van der Waals surface area contributed by atoms with E-state index in [1.54, 1.807) is 0 Å². The number of hydrogen-bond acceptors (Lipinski definition) is 1. The van der Waals surface area contributed by atoms with Gasteiger partial charge in [-0.05, 0) is 32.7 Å². The minimum Gasteiger partial charge on any atom is -0.388 e. The van der Waals surface area contributed by atoms with Crippen molar-refractivity contribution >= 4 is 21.5 Å². The minimum atomic E-state index is -0.278. The first-order chi connectivity index (χ1) is 8.36. The fourth-order valence-electron chi connectivity index (χ4n) is 3.01. The molecule has 0 aliphatic heterocycles. The molecule has 17 heavy (non-hydrogen) atoms. The van der Waals surface area contributed by atoms with Crippen molar-refractivity contribution in [3.63, 3.8) is 0 Å². The Morgan fingerprint density at radius 2 is 1.29 bits per heavy atom. The summed E-state index contributed by atoms with van der Waals surface area (Å²) in [5.74, 6) is 0. The van der Waals surface area contributed by atoms with Gasteiger partial charge in [0.15, 0.2) is 0 Å². The third-order valence-corrected chi connectivity index (χ3v) is 3.82. The van der Waals surface area contributed by atoms with E-state index in [9.17, 15) is 5.11 Å². The molecule has 1 aliphatic carbocycles. The van der Waals surface area contributed by atoms with Gasteiger partial charge in [-0.2, -0.15) is 0 Å². The van der Waals surface area contributed by atoms with Gasteiger partial charge in [-0.1, -0.05) is 48.5 Å². The number of aliphatic hydroxyl groups excluding tert-OH is 1. The van der Waals surface area contributed by atoms with Crippen LogP contribution in [0.25, 0.3) is 21.5 Å². The summed E-state index contributed by atoms with van der Waals surface area (Å²) in [5, 5.41) is 15.0. The van der Waals surface area contributed by atoms with Gasteiger partial charge in [-0.25, -0.2) is 0 Å². The van der Waals surface area contributed by atoms with Gasteiger partial charge < -0.3 is 5.11 Å². The first-order valence-corrected chi connectivity index (χ1v) is 5.96. The quantitative estimate of drug-likeness (QED) is 0.574. The monoisotopic (exact) mass is 220 g/mol. The predicted molar refractivity (Wildman–Crippen MR) is 70.1 cm³/mol. The molecule has 0 saturated heterocycles. The van der Waals surface area contributed by atoms with Gasteiger partial charge >= 0.3 is 0 Å². The van der Waals surface area contributed by atoms with Crippen molar-refractivity contribution in [1.82, 2.24) is 0 Å². The van der Waals surface area contributed by atoms with Gasteiger partial charge in [0, 0.05) is 6.42 Å². The zero-order valence-corrected chi connectivity index (χ0v) is 9.35. The van der Waals surface area contributed by atoms with Crippen LogP contribution < -0.4 is 0 Å². The highest BCUT2D eigenvalue weighted by molar-refractivity contribution is 6.11. The topological polar surface area (TPSA) is 20.2 Å². The fraction of sp³-hybridized carbons (Fsp3) is 0.125. The summed E-state index contributed by atoms with van der Waals surface area (Å²) in [6.45, 7) is 0. The number of fused-ring (bicyclic) bond motifs is 6. The Balaban J connectivity index is 2.33. The van der Waals surface area contributed by atoms with E-state index < -0.39 is 0 Å². The van der Waals surface area contributed by atoms with Crippen LogP contribution >= 0.6 is 0 Å². The second kappa shape index (κ2) is 3.08. The molecule has 1 N–H and O–H groups in total. The second-order valence-corrected chi connectivity index (χ2v) is 4.70. The number of rotatable bonds is 0. The van der Waals surface area contributed by atoms with Crippen molar-refractivity contribution in [2.45, 2.75) is 12.5 Å². The summed E-state index contributed by atoms with van der Waals surface area (Å²) in [6.07, 6.45) is 0.514. The molecule has 0 aromatic heterocycles. The third kappa shape index (κ3) is 1.07. The molecule has 82 valence electrons. The molecule has 3 aromatic carbocycles. The molecule has 0 heterocycles. The maximum atomic E-state index is 9.96. The van der Waals surface area contributed by atoms with Crippen LogP contribution in [0, 0.1) is 0 Å². The maximum Gasteiger partial charge on any atom is 0.0839 e. The van der Waals surface area contributed by atoms with Crippen LogP contribution in [0.1, 0.15) is 17.2 Å². The summed E-state index contributed by atoms with van der Waals surface area (Å²) in [6, 6.07) is 16.8. The smallest absolute Gasteiger partial charge is 0.0839 e. The van der Waals surface area contributed by atoms with Crippen LogP contribution in [0.5, 0.6) is 0 Å². The molecule has 1 heteroatoms. The first kappa shape index (κ1) is 9.20. The van der Waals surface area contributed by atoms with E-state index in [0.717, 1.165) is 12.0 Å². The Bertz CT molecular complexity index is 743. The van der Waals surface area contributed by atoms with Crippen LogP contribution in [0.2, 0.25) is 0 Å². The van der Waals surface area contributed by atoms with Crippen molar-refractivity contribution in [2.75, 3.05) is 0 Å². The van der Waals surface area contributed by atoms with E-state index in [1.165, 1.54) is 27.1 Å². The van der Waals surface area contributed by atoms with E-state index in [-0.39, 0.29) is 6.10 Å². The summed E-state index contributed by atoms with van der Waals surface area (Å²) in [5.41, 5.74) is 2.46. The average Bonchev–Trinajstić information content (AvgIpc) is 2.36. The Kier molecular flexibility index (Phi) is 1.67.